The second kappa shape index (κ2) is 19.1. The van der Waals surface area contributed by atoms with Gasteiger partial charge in [0, 0.05) is 10.1 Å². The Morgan fingerprint density at radius 3 is 2.46 bits per heavy atom. The van der Waals surface area contributed by atoms with Crippen LogP contribution in [0.4, 0.5) is 14.6 Å². The number of hydrogen-bond acceptors (Lipinski definition) is 18. The van der Waals surface area contributed by atoms with Gasteiger partial charge in [-0.15, -0.1) is 14.5 Å². The summed E-state index contributed by atoms with van der Waals surface area (Å²) in [5.74, 6) is -0.514. The Bertz CT molecular complexity index is 2420. The fourth-order valence-corrected chi connectivity index (χ4v) is 8.10. The molecule has 7 rings (SSSR count). The molecule has 1 amide bonds. The van der Waals surface area contributed by atoms with Crippen molar-refractivity contribution < 1.29 is 69.9 Å². The average Bonchev–Trinajstić information content (AvgIpc) is 3.99. The Labute approximate surface area is 331 Å². The fraction of sp³-hybridized carbons (Fsp3) is 0.394. The molecule has 59 heavy (non-hydrogen) atoms. The van der Waals surface area contributed by atoms with Gasteiger partial charge in [0.05, 0.1) is 44.2 Å². The number of benzene rings is 2. The molecular weight excluding hydrogens is 830 g/mol. The summed E-state index contributed by atoms with van der Waals surface area (Å²) in [4.78, 5) is 51.1. The van der Waals surface area contributed by atoms with E-state index in [1.54, 1.807) is 61.5 Å². The Morgan fingerprint density at radius 2 is 1.75 bits per heavy atom. The molecule has 2 saturated heterocycles. The van der Waals surface area contributed by atoms with Crippen molar-refractivity contribution in [2.45, 2.75) is 62.6 Å². The van der Waals surface area contributed by atoms with Crippen LogP contribution in [0, 0.1) is 18.3 Å². The van der Waals surface area contributed by atoms with Crippen molar-refractivity contribution in [2.75, 3.05) is 25.1 Å². The summed E-state index contributed by atoms with van der Waals surface area (Å²) in [5.41, 5.74) is 2.00. The monoisotopic (exact) mass is 862 g/mol. The normalized spacial score (nSPS) is 25.1. The summed E-state index contributed by atoms with van der Waals surface area (Å²) in [5, 5.41) is 29.9. The largest absolute Gasteiger partial charge is 0.695 e. The number of anilines is 1. The number of halogens is 2. The van der Waals surface area contributed by atoms with Crippen molar-refractivity contribution in [2.24, 2.45) is 0 Å². The maximum absolute atomic E-state index is 16.2. The van der Waals surface area contributed by atoms with E-state index in [4.69, 9.17) is 42.4 Å². The van der Waals surface area contributed by atoms with Crippen LogP contribution in [0.5, 0.6) is 0 Å². The Morgan fingerprint density at radius 1 is 1.02 bits per heavy atom. The molecule has 2 aliphatic heterocycles. The first-order chi connectivity index (χ1) is 28.4. The number of nitrogens with one attached hydrogen (secondary N) is 1. The van der Waals surface area contributed by atoms with Gasteiger partial charge in [0.25, 0.3) is 5.91 Å². The summed E-state index contributed by atoms with van der Waals surface area (Å²) in [6, 6.07) is 15.2. The molecule has 2 aromatic carbocycles. The van der Waals surface area contributed by atoms with Gasteiger partial charge < -0.3 is 19.9 Å². The van der Waals surface area contributed by atoms with Crippen molar-refractivity contribution >= 4 is 56.2 Å². The van der Waals surface area contributed by atoms with E-state index in [1.807, 2.05) is 0 Å². The van der Waals surface area contributed by atoms with Crippen LogP contribution >= 0.6 is 16.1 Å². The summed E-state index contributed by atoms with van der Waals surface area (Å²) in [6.07, 6.45) is -11.9. The number of aromatic nitrogens is 7. The number of alkyl halides is 2. The zero-order valence-electron chi connectivity index (χ0n) is 30.3. The predicted octanol–water partition coefficient (Wildman–Crippen LogP) is 3.19. The number of phosphoric ester groups is 1. The lowest BCUT2D eigenvalue weighted by atomic mass is 10.1. The number of fused-ring (bicyclic) bond motifs is 2. The lowest BCUT2D eigenvalue weighted by Gasteiger charge is -2.25. The highest BCUT2D eigenvalue weighted by Gasteiger charge is 2.54. The van der Waals surface area contributed by atoms with Crippen molar-refractivity contribution in [3.05, 3.63) is 72.3 Å². The van der Waals surface area contributed by atoms with Crippen LogP contribution in [0.25, 0.3) is 22.2 Å². The number of nitriles is 1. The molecule has 2 unspecified atom stereocenters. The first kappa shape index (κ1) is 43.2. The van der Waals surface area contributed by atoms with E-state index >= 15 is 8.78 Å². The quantitative estimate of drug-likeness (QED) is 0.101. The second-order valence-electron chi connectivity index (χ2n) is 12.5. The minimum atomic E-state index is -4.94. The number of imidazole rings is 1. The van der Waals surface area contributed by atoms with Gasteiger partial charge in [-0.05, 0) is 30.7 Å². The van der Waals surface area contributed by atoms with E-state index < -0.39 is 91.0 Å². The van der Waals surface area contributed by atoms with Crippen LogP contribution in [-0.4, -0.2) is 113 Å². The van der Waals surface area contributed by atoms with Crippen LogP contribution in [0.15, 0.2) is 61.2 Å². The summed E-state index contributed by atoms with van der Waals surface area (Å²) in [7, 11) is -8.37. The topological polar surface area (TPSA) is 291 Å². The minimum absolute atomic E-state index is 0.00583. The number of aliphatic hydroxyl groups excluding tert-OH is 1. The molecule has 22 nitrogen and oxygen atoms in total. The van der Waals surface area contributed by atoms with E-state index in [0.717, 1.165) is 27.5 Å². The molecule has 5 heterocycles. The number of carbonyl (C=O) groups excluding carboxylic acids is 3. The molecule has 0 radical (unpaired) electrons. The Kier molecular flexibility index (Phi) is 14.0. The molecule has 5 aromatic rings. The van der Waals surface area contributed by atoms with Crippen molar-refractivity contribution in [3.8, 4) is 6.07 Å². The van der Waals surface area contributed by atoms with Crippen LogP contribution in [0.1, 0.15) is 34.8 Å². The number of hydrogen-bond donors (Lipinski definition) is 3. The molecule has 0 aliphatic carbocycles. The first-order valence-electron chi connectivity index (χ1n) is 17.2. The molecule has 2 fully saturated rings. The van der Waals surface area contributed by atoms with Crippen LogP contribution < -0.4 is 5.32 Å². The average molecular weight is 863 g/mol. The number of rotatable bonds is 15. The predicted molar refractivity (Wildman–Crippen MR) is 191 cm³/mol. The number of aryl methyl sites for hydroxylation is 1. The molecule has 26 heteroatoms. The third-order valence-electron chi connectivity index (χ3n) is 8.88. The minimum Gasteiger partial charge on any atom is -0.394 e. The Balaban J connectivity index is 0.00000189. The lowest BCUT2D eigenvalue weighted by Crippen LogP contribution is -2.35. The third-order valence-corrected chi connectivity index (χ3v) is 10.8. The number of ether oxygens (including phenoxy) is 2. The molecule has 310 valence electrons. The molecule has 0 bridgehead atoms. The number of carbonyl (C=O) groups is 1. The van der Waals surface area contributed by atoms with E-state index in [9.17, 15) is 23.9 Å². The molecule has 0 spiro atoms. The maximum atomic E-state index is 16.2. The number of phosphoric acid groups is 1. The molecule has 2 aliphatic rings. The van der Waals surface area contributed by atoms with E-state index in [2.05, 4.69) is 30.6 Å². The second-order valence-corrected chi connectivity index (χ2v) is 14.8. The highest BCUT2D eigenvalue weighted by atomic mass is 31.2. The van der Waals surface area contributed by atoms with Gasteiger partial charge in [0.2, 0.25) is 0 Å². The zero-order chi connectivity index (χ0) is 42.3. The van der Waals surface area contributed by atoms with Gasteiger partial charge in [0.15, 0.2) is 47.9 Å². The standard InChI is InChI=1S/C32H31F2N9O11P2.CO2/c1-17-7-5-10-19-24(17)40-41-43(19)32-23(34)27(20(13-44)51-32)54-56(48,49-12-6-11-35)50-14-21-26(53-55(46)47)22(33)31(52-21)42-16-38-25-28(36-15-37-29(25)42)39-30(45)18-8-3-2-4-9-18;2-1-3/h2-5,7-10,15-16,20-23,26-27,31-32,44H,6,12-14H2,1H3,(H-,36,37,39,45,46,47);/p+1/t20-,21-,22-,23-,26-,27-,31-,32-,56?;/m1./s1. The van der Waals surface area contributed by atoms with Crippen LogP contribution in [-0.2, 0) is 46.3 Å². The molecular formula is C33H32F2N9O13P2+. The first-order valence-corrected chi connectivity index (χ1v) is 19.8. The van der Waals surface area contributed by atoms with Gasteiger partial charge in [-0.25, -0.2) is 33.0 Å². The molecule has 3 aromatic heterocycles. The van der Waals surface area contributed by atoms with Gasteiger partial charge in [0.1, 0.15) is 30.2 Å². The number of aliphatic hydroxyl groups is 1. The third kappa shape index (κ3) is 9.42. The van der Waals surface area contributed by atoms with Gasteiger partial charge >= 0.3 is 22.2 Å². The van der Waals surface area contributed by atoms with E-state index in [-0.39, 0.29) is 29.6 Å². The molecule has 10 atom stereocenters. The van der Waals surface area contributed by atoms with Crippen LogP contribution in [0.3, 0.4) is 0 Å². The van der Waals surface area contributed by atoms with Gasteiger partial charge in [-0.2, -0.15) is 14.9 Å². The zero-order valence-corrected chi connectivity index (χ0v) is 32.1. The molecule has 3 N–H and O–H groups in total. The highest BCUT2D eigenvalue weighted by Crippen LogP contribution is 2.54. The van der Waals surface area contributed by atoms with Gasteiger partial charge in [-0.1, -0.05) is 35.5 Å². The van der Waals surface area contributed by atoms with Crippen molar-refractivity contribution in [1.82, 2.24) is 34.5 Å². The smallest absolute Gasteiger partial charge is 0.394 e. The highest BCUT2D eigenvalue weighted by molar-refractivity contribution is 7.48. The number of nitrogens with zero attached hydrogens (tertiary/aromatic N) is 8. The summed E-state index contributed by atoms with van der Waals surface area (Å²) < 4.78 is 93.5. The van der Waals surface area contributed by atoms with E-state index in [0.29, 0.717) is 16.6 Å². The number of amides is 1. The van der Waals surface area contributed by atoms with E-state index in [1.165, 1.54) is 0 Å². The SMILES string of the molecule is Cc1cccc2c1nnn2[C@@H]1O[C@H](CO)[C@@H](OP(=O)(OCCC#N)OC[C@H]2O[C@@H](n3cnc4c(NC(=O)c5ccccc5)ncnc43)[C@H](F)[C@@H]2O[P+](=O)O)[C@H]1F.O=C=O. The van der Waals surface area contributed by atoms with Crippen LogP contribution in [0.2, 0.25) is 0 Å². The van der Waals surface area contributed by atoms with Crippen molar-refractivity contribution in [1.29, 1.82) is 5.26 Å². The maximum Gasteiger partial charge on any atom is 0.695 e. The van der Waals surface area contributed by atoms with Crippen molar-refractivity contribution in [3.63, 3.8) is 0 Å². The summed E-state index contributed by atoms with van der Waals surface area (Å²) >= 11 is 0. The fourth-order valence-electron chi connectivity index (χ4n) is 6.25. The molecule has 0 saturated carbocycles. The van der Waals surface area contributed by atoms with Gasteiger partial charge in [-0.3, -0.25) is 22.9 Å². The summed E-state index contributed by atoms with van der Waals surface area (Å²) in [6.45, 7) is -0.434. The lowest BCUT2D eigenvalue weighted by molar-refractivity contribution is -0.191. The Hall–Kier alpha value is -5.40.